The van der Waals surface area contributed by atoms with Crippen molar-refractivity contribution >= 4 is 19.7 Å². The molecule has 0 amide bonds. The van der Waals surface area contributed by atoms with Crippen molar-refractivity contribution in [1.29, 1.82) is 0 Å². The summed E-state index contributed by atoms with van der Waals surface area (Å²) in [6.45, 7) is 3.96. The van der Waals surface area contributed by atoms with Crippen LogP contribution in [0, 0.1) is 0 Å². The highest BCUT2D eigenvalue weighted by molar-refractivity contribution is 8.14. The molecule has 0 spiro atoms. The van der Waals surface area contributed by atoms with Gasteiger partial charge in [0.15, 0.2) is 0 Å². The number of hydrogen-bond donors (Lipinski definition) is 0. The third-order valence-electron chi connectivity index (χ3n) is 1.97. The summed E-state index contributed by atoms with van der Waals surface area (Å²) in [5, 5.41) is -0.559. The Morgan fingerprint density at radius 3 is 2.27 bits per heavy atom. The monoisotopic (exact) mass is 198 g/mol. The Hall–Kier alpha value is 0.200. The molecule has 0 aliphatic carbocycles. The minimum atomic E-state index is -3.46. The molecule has 0 bridgehead atoms. The zero-order valence-corrected chi connectivity index (χ0v) is 8.07. The fourth-order valence-corrected chi connectivity index (χ4v) is 3.38. The van der Waals surface area contributed by atoms with Gasteiger partial charge in [0.2, 0.25) is 9.05 Å². The van der Waals surface area contributed by atoms with Crippen LogP contribution in [0.1, 0.15) is 20.3 Å². The lowest BCUT2D eigenvalue weighted by Gasteiger charge is -2.22. The van der Waals surface area contributed by atoms with Gasteiger partial charge in [0.1, 0.15) is 5.25 Å². The summed E-state index contributed by atoms with van der Waals surface area (Å²) in [4.78, 5) is 0. The van der Waals surface area contributed by atoms with Gasteiger partial charge in [-0.15, -0.1) is 0 Å². The van der Waals surface area contributed by atoms with Crippen molar-refractivity contribution < 1.29 is 13.2 Å². The van der Waals surface area contributed by atoms with Crippen LogP contribution >= 0.6 is 10.7 Å². The summed E-state index contributed by atoms with van der Waals surface area (Å²) >= 11 is 0. The second-order valence-electron chi connectivity index (χ2n) is 3.20. The van der Waals surface area contributed by atoms with Crippen LogP contribution in [-0.2, 0) is 13.8 Å². The van der Waals surface area contributed by atoms with E-state index in [9.17, 15) is 8.42 Å². The molecule has 5 heteroatoms. The number of hydrogen-bond acceptors (Lipinski definition) is 3. The van der Waals surface area contributed by atoms with Crippen LogP contribution in [-0.4, -0.2) is 25.9 Å². The van der Waals surface area contributed by atoms with Crippen molar-refractivity contribution in [3.63, 3.8) is 0 Å². The Kier molecular flexibility index (Phi) is 2.20. The first-order chi connectivity index (χ1) is 4.84. The predicted octanol–water partition coefficient (Wildman–Crippen LogP) is 1.12. The second-order valence-corrected chi connectivity index (χ2v) is 6.02. The lowest BCUT2D eigenvalue weighted by atomic mass is 10.1. The van der Waals surface area contributed by atoms with Crippen molar-refractivity contribution in [3.05, 3.63) is 0 Å². The van der Waals surface area contributed by atoms with E-state index in [1.165, 1.54) is 0 Å². The van der Waals surface area contributed by atoms with Crippen LogP contribution in [0.15, 0.2) is 0 Å². The molecule has 66 valence electrons. The van der Waals surface area contributed by atoms with Crippen LogP contribution in [0.4, 0.5) is 0 Å². The summed E-state index contributed by atoms with van der Waals surface area (Å²) in [6.07, 6.45) is 0.499. The van der Waals surface area contributed by atoms with Gasteiger partial charge < -0.3 is 4.74 Å². The van der Waals surface area contributed by atoms with Gasteiger partial charge in [-0.25, -0.2) is 8.42 Å². The van der Waals surface area contributed by atoms with Gasteiger partial charge in [0.25, 0.3) is 0 Å². The third-order valence-corrected chi connectivity index (χ3v) is 4.10. The zero-order chi connectivity index (χ0) is 8.70. The standard InChI is InChI=1S/C6H11ClO3S/c1-6(2)5(3-4-10-6)11(7,8)9/h5H,3-4H2,1-2H3. The first-order valence-electron chi connectivity index (χ1n) is 3.41. The quantitative estimate of drug-likeness (QED) is 0.594. The number of halogens is 1. The van der Waals surface area contributed by atoms with Crippen molar-refractivity contribution in [2.45, 2.75) is 31.1 Å². The highest BCUT2D eigenvalue weighted by Gasteiger charge is 2.43. The second kappa shape index (κ2) is 2.61. The minimum absolute atomic E-state index is 0.476. The van der Waals surface area contributed by atoms with Gasteiger partial charge in [-0.1, -0.05) is 0 Å². The summed E-state index contributed by atoms with van der Waals surface area (Å²) in [5.41, 5.74) is -0.624. The highest BCUT2D eigenvalue weighted by atomic mass is 35.7. The van der Waals surface area contributed by atoms with Crippen molar-refractivity contribution in [3.8, 4) is 0 Å². The molecule has 1 unspecified atom stereocenters. The topological polar surface area (TPSA) is 43.4 Å². The van der Waals surface area contributed by atoms with Crippen LogP contribution in [0.3, 0.4) is 0 Å². The summed E-state index contributed by atoms with van der Waals surface area (Å²) in [5.74, 6) is 0. The molecule has 3 nitrogen and oxygen atoms in total. The molecular formula is C6H11ClO3S. The van der Waals surface area contributed by atoms with Crippen molar-refractivity contribution in [2.75, 3.05) is 6.61 Å². The smallest absolute Gasteiger partial charge is 0.238 e. The van der Waals surface area contributed by atoms with Gasteiger partial charge in [0.05, 0.1) is 5.60 Å². The van der Waals surface area contributed by atoms with Gasteiger partial charge in [-0.05, 0) is 20.3 Å². The average molecular weight is 199 g/mol. The van der Waals surface area contributed by atoms with E-state index in [4.69, 9.17) is 15.4 Å². The lowest BCUT2D eigenvalue weighted by molar-refractivity contribution is 0.0385. The van der Waals surface area contributed by atoms with Gasteiger partial charge in [-0.3, -0.25) is 0 Å². The molecule has 0 N–H and O–H groups in total. The summed E-state index contributed by atoms with van der Waals surface area (Å²) in [6, 6.07) is 0. The molecule has 0 aromatic rings. The van der Waals surface area contributed by atoms with E-state index >= 15 is 0 Å². The van der Waals surface area contributed by atoms with Gasteiger partial charge >= 0.3 is 0 Å². The van der Waals surface area contributed by atoms with Crippen LogP contribution in [0.2, 0.25) is 0 Å². The van der Waals surface area contributed by atoms with E-state index in [1.807, 2.05) is 0 Å². The molecular weight excluding hydrogens is 188 g/mol. The van der Waals surface area contributed by atoms with E-state index in [0.717, 1.165) is 0 Å². The molecule has 0 radical (unpaired) electrons. The Morgan fingerprint density at radius 1 is 1.55 bits per heavy atom. The zero-order valence-electron chi connectivity index (χ0n) is 6.50. The maximum absolute atomic E-state index is 10.9. The Balaban J connectivity index is 2.91. The molecule has 0 saturated carbocycles. The maximum Gasteiger partial charge on any atom is 0.238 e. The molecule has 1 saturated heterocycles. The van der Waals surface area contributed by atoms with Crippen molar-refractivity contribution in [2.24, 2.45) is 0 Å². The van der Waals surface area contributed by atoms with Gasteiger partial charge in [0, 0.05) is 17.3 Å². The Morgan fingerprint density at radius 2 is 2.09 bits per heavy atom. The molecule has 0 aromatic carbocycles. The first-order valence-corrected chi connectivity index (χ1v) is 5.79. The molecule has 1 rings (SSSR count). The molecule has 11 heavy (non-hydrogen) atoms. The van der Waals surface area contributed by atoms with Crippen LogP contribution < -0.4 is 0 Å². The Bertz CT molecular complexity index is 245. The molecule has 1 aliphatic rings. The van der Waals surface area contributed by atoms with E-state index in [2.05, 4.69) is 0 Å². The van der Waals surface area contributed by atoms with E-state index in [-0.39, 0.29) is 0 Å². The molecule has 1 atom stereocenters. The fourth-order valence-electron chi connectivity index (χ4n) is 1.35. The van der Waals surface area contributed by atoms with E-state index < -0.39 is 19.9 Å². The third kappa shape index (κ3) is 1.86. The summed E-state index contributed by atoms with van der Waals surface area (Å²) in [7, 11) is 1.75. The van der Waals surface area contributed by atoms with Crippen molar-refractivity contribution in [1.82, 2.24) is 0 Å². The molecule has 1 aliphatic heterocycles. The predicted molar refractivity (Wildman–Crippen MR) is 43.2 cm³/mol. The average Bonchev–Trinajstić information content (AvgIpc) is 2.06. The highest BCUT2D eigenvalue weighted by Crippen LogP contribution is 2.32. The molecule has 1 fully saturated rings. The van der Waals surface area contributed by atoms with Gasteiger partial charge in [-0.2, -0.15) is 0 Å². The lowest BCUT2D eigenvalue weighted by Crippen LogP contribution is -2.36. The molecule has 1 heterocycles. The van der Waals surface area contributed by atoms with E-state index in [1.54, 1.807) is 13.8 Å². The maximum atomic E-state index is 10.9. The van der Waals surface area contributed by atoms with E-state index in [0.29, 0.717) is 13.0 Å². The van der Waals surface area contributed by atoms with Crippen LogP contribution in [0.25, 0.3) is 0 Å². The first kappa shape index (κ1) is 9.29. The largest absolute Gasteiger partial charge is 0.374 e. The summed E-state index contributed by atoms with van der Waals surface area (Å²) < 4.78 is 27.1. The Labute approximate surface area is 71.1 Å². The van der Waals surface area contributed by atoms with Crippen LogP contribution in [0.5, 0.6) is 0 Å². The number of rotatable bonds is 1. The SMILES string of the molecule is CC1(C)OCCC1S(=O)(=O)Cl. The number of ether oxygens (including phenoxy) is 1. The molecule has 0 aromatic heterocycles. The fraction of sp³-hybridized carbons (Fsp3) is 1.00. The minimum Gasteiger partial charge on any atom is -0.374 e. The normalized spacial score (nSPS) is 30.6.